The van der Waals surface area contributed by atoms with Crippen molar-refractivity contribution in [2.75, 3.05) is 0 Å². The number of hydrogen-bond donors (Lipinski definition) is 0. The summed E-state index contributed by atoms with van der Waals surface area (Å²) < 4.78 is 6.83. The standard InChI is InChI=1S/C47H29N3O/c1-3-13-34(14-4-1)45-48-46(35-15-5-2-6-16-35)50-47(49-45)40-27-26-39(43-42-38-18-10-9-12-32(38)25-28-41(42)51-44(40)43)33-22-19-31(20-23-33)37-24-21-30-11-7-8-17-36(30)29-37/h1-29H. The van der Waals surface area contributed by atoms with E-state index in [1.165, 1.54) is 21.9 Å². The number of nitrogens with zero attached hydrogens (tertiary/aromatic N) is 3. The van der Waals surface area contributed by atoms with E-state index >= 15 is 0 Å². The van der Waals surface area contributed by atoms with E-state index in [-0.39, 0.29) is 0 Å². The van der Waals surface area contributed by atoms with Crippen LogP contribution in [0, 0.1) is 0 Å². The number of hydrogen-bond acceptors (Lipinski definition) is 4. The predicted octanol–water partition coefficient (Wildman–Crippen LogP) is 12.4. The van der Waals surface area contributed by atoms with E-state index in [4.69, 9.17) is 19.4 Å². The van der Waals surface area contributed by atoms with Gasteiger partial charge in [-0.1, -0.05) is 158 Å². The summed E-state index contributed by atoms with van der Waals surface area (Å²) in [5.74, 6) is 1.79. The molecule has 0 amide bonds. The van der Waals surface area contributed by atoms with E-state index < -0.39 is 0 Å². The highest BCUT2D eigenvalue weighted by molar-refractivity contribution is 6.24. The fourth-order valence-corrected chi connectivity index (χ4v) is 7.20. The minimum absolute atomic E-state index is 0.564. The van der Waals surface area contributed by atoms with Gasteiger partial charge in [0.2, 0.25) is 0 Å². The molecule has 0 radical (unpaired) electrons. The highest BCUT2D eigenvalue weighted by Gasteiger charge is 2.22. The molecule has 0 fully saturated rings. The van der Waals surface area contributed by atoms with Gasteiger partial charge in [0.1, 0.15) is 11.2 Å². The van der Waals surface area contributed by atoms with E-state index in [1.54, 1.807) is 0 Å². The highest BCUT2D eigenvalue weighted by Crippen LogP contribution is 2.44. The molecule has 51 heavy (non-hydrogen) atoms. The van der Waals surface area contributed by atoms with E-state index in [0.717, 1.165) is 60.5 Å². The number of rotatable bonds is 5. The molecule has 238 valence electrons. The van der Waals surface area contributed by atoms with Crippen LogP contribution in [0.2, 0.25) is 0 Å². The fourth-order valence-electron chi connectivity index (χ4n) is 7.20. The van der Waals surface area contributed by atoms with Gasteiger partial charge in [-0.15, -0.1) is 0 Å². The molecule has 0 aliphatic carbocycles. The van der Waals surface area contributed by atoms with Gasteiger partial charge in [-0.2, -0.15) is 0 Å². The van der Waals surface area contributed by atoms with Crippen LogP contribution in [-0.2, 0) is 0 Å². The Hall–Kier alpha value is -6.91. The van der Waals surface area contributed by atoms with Crippen molar-refractivity contribution in [1.82, 2.24) is 15.0 Å². The van der Waals surface area contributed by atoms with Crippen molar-refractivity contribution in [2.45, 2.75) is 0 Å². The maximum atomic E-state index is 6.83. The minimum Gasteiger partial charge on any atom is -0.455 e. The lowest BCUT2D eigenvalue weighted by Crippen LogP contribution is -2.00. The summed E-state index contributed by atoms with van der Waals surface area (Å²) >= 11 is 0. The quantitative estimate of drug-likeness (QED) is 0.186. The number of aromatic nitrogens is 3. The molecule has 0 N–H and O–H groups in total. The molecule has 10 aromatic rings. The largest absolute Gasteiger partial charge is 0.455 e. The van der Waals surface area contributed by atoms with Gasteiger partial charge in [-0.3, -0.25) is 0 Å². The first kappa shape index (κ1) is 29.0. The molecule has 4 heteroatoms. The van der Waals surface area contributed by atoms with Crippen LogP contribution in [-0.4, -0.2) is 15.0 Å². The third-order valence-corrected chi connectivity index (χ3v) is 9.73. The molecule has 0 spiro atoms. The van der Waals surface area contributed by atoms with Crippen molar-refractivity contribution in [3.05, 3.63) is 176 Å². The molecule has 8 aromatic carbocycles. The van der Waals surface area contributed by atoms with Crippen LogP contribution in [0.25, 0.3) is 99.9 Å². The summed E-state index contributed by atoms with van der Waals surface area (Å²) in [5.41, 5.74) is 8.81. The third-order valence-electron chi connectivity index (χ3n) is 9.73. The Morgan fingerprint density at radius 1 is 0.333 bits per heavy atom. The van der Waals surface area contributed by atoms with Crippen LogP contribution in [0.5, 0.6) is 0 Å². The molecule has 2 aromatic heterocycles. The van der Waals surface area contributed by atoms with Crippen LogP contribution in [0.4, 0.5) is 0 Å². The average molecular weight is 652 g/mol. The summed E-state index contributed by atoms with van der Waals surface area (Å²) in [5, 5.41) is 6.90. The Kier molecular flexibility index (Phi) is 6.78. The molecule has 0 bridgehead atoms. The second-order valence-electron chi connectivity index (χ2n) is 12.8. The molecule has 0 aliphatic heterocycles. The van der Waals surface area contributed by atoms with Gasteiger partial charge in [0.05, 0.1) is 5.56 Å². The van der Waals surface area contributed by atoms with Gasteiger partial charge in [-0.05, 0) is 62.0 Å². The summed E-state index contributed by atoms with van der Waals surface area (Å²) in [6, 6.07) is 61.1. The van der Waals surface area contributed by atoms with Crippen molar-refractivity contribution in [1.29, 1.82) is 0 Å². The van der Waals surface area contributed by atoms with Crippen LogP contribution < -0.4 is 0 Å². The third kappa shape index (κ3) is 5.04. The van der Waals surface area contributed by atoms with E-state index in [2.05, 4.69) is 115 Å². The molecule has 0 unspecified atom stereocenters. The van der Waals surface area contributed by atoms with Gasteiger partial charge < -0.3 is 4.42 Å². The maximum absolute atomic E-state index is 6.83. The smallest absolute Gasteiger partial charge is 0.167 e. The van der Waals surface area contributed by atoms with Gasteiger partial charge >= 0.3 is 0 Å². The van der Waals surface area contributed by atoms with E-state index in [9.17, 15) is 0 Å². The van der Waals surface area contributed by atoms with Crippen molar-refractivity contribution >= 4 is 43.5 Å². The van der Waals surface area contributed by atoms with Crippen LogP contribution in [0.3, 0.4) is 0 Å². The van der Waals surface area contributed by atoms with Gasteiger partial charge in [0, 0.05) is 21.9 Å². The summed E-state index contributed by atoms with van der Waals surface area (Å²) in [6.07, 6.45) is 0. The van der Waals surface area contributed by atoms with Crippen molar-refractivity contribution in [3.63, 3.8) is 0 Å². The van der Waals surface area contributed by atoms with Crippen molar-refractivity contribution in [3.8, 4) is 56.4 Å². The Morgan fingerprint density at radius 3 is 1.61 bits per heavy atom. The van der Waals surface area contributed by atoms with Crippen molar-refractivity contribution < 1.29 is 4.42 Å². The van der Waals surface area contributed by atoms with Gasteiger partial charge in [-0.25, -0.2) is 15.0 Å². The summed E-state index contributed by atoms with van der Waals surface area (Å²) in [7, 11) is 0. The molecule has 0 saturated carbocycles. The fraction of sp³-hybridized carbons (Fsp3) is 0. The van der Waals surface area contributed by atoms with E-state index in [0.29, 0.717) is 17.5 Å². The van der Waals surface area contributed by atoms with Crippen LogP contribution in [0.1, 0.15) is 0 Å². The number of fused-ring (bicyclic) bond motifs is 6. The first-order chi connectivity index (χ1) is 25.3. The lowest BCUT2D eigenvalue weighted by atomic mass is 9.93. The zero-order valence-corrected chi connectivity index (χ0v) is 27.5. The molecule has 2 heterocycles. The molecule has 10 rings (SSSR count). The maximum Gasteiger partial charge on any atom is 0.167 e. The lowest BCUT2D eigenvalue weighted by Gasteiger charge is -2.11. The Bertz CT molecular complexity index is 2840. The van der Waals surface area contributed by atoms with Crippen LogP contribution in [0.15, 0.2) is 180 Å². The van der Waals surface area contributed by atoms with Gasteiger partial charge in [0.15, 0.2) is 17.5 Å². The highest BCUT2D eigenvalue weighted by atomic mass is 16.3. The molecule has 0 aliphatic rings. The van der Waals surface area contributed by atoms with Crippen LogP contribution >= 0.6 is 0 Å². The average Bonchev–Trinajstić information content (AvgIpc) is 3.61. The second kappa shape index (κ2) is 11.9. The second-order valence-corrected chi connectivity index (χ2v) is 12.8. The molecule has 4 nitrogen and oxygen atoms in total. The lowest BCUT2D eigenvalue weighted by molar-refractivity contribution is 0.670. The Labute approximate surface area is 294 Å². The molecular formula is C47H29N3O. The molecular weight excluding hydrogens is 623 g/mol. The monoisotopic (exact) mass is 651 g/mol. The molecule has 0 atom stereocenters. The summed E-state index contributed by atoms with van der Waals surface area (Å²) in [4.78, 5) is 15.1. The minimum atomic E-state index is 0.564. The first-order valence-corrected chi connectivity index (χ1v) is 17.1. The first-order valence-electron chi connectivity index (χ1n) is 17.1. The summed E-state index contributed by atoms with van der Waals surface area (Å²) in [6.45, 7) is 0. The normalized spacial score (nSPS) is 11.5. The zero-order chi connectivity index (χ0) is 33.7. The van der Waals surface area contributed by atoms with Crippen molar-refractivity contribution in [2.24, 2.45) is 0 Å². The number of benzene rings is 8. The molecule has 0 saturated heterocycles. The van der Waals surface area contributed by atoms with Gasteiger partial charge in [0.25, 0.3) is 0 Å². The van der Waals surface area contributed by atoms with E-state index in [1.807, 2.05) is 60.7 Å². The Balaban J connectivity index is 1.20. The number of furan rings is 1. The zero-order valence-electron chi connectivity index (χ0n) is 27.5. The predicted molar refractivity (Wildman–Crippen MR) is 209 cm³/mol. The Morgan fingerprint density at radius 2 is 0.882 bits per heavy atom. The SMILES string of the molecule is c1ccc(-c2nc(-c3ccccc3)nc(-c3ccc(-c4ccc(-c5ccc6ccccc6c5)cc4)c4c3oc3ccc5ccccc5c34)n2)cc1. The topological polar surface area (TPSA) is 51.8 Å².